The number of fused-ring (bicyclic) bond motifs is 3. The summed E-state index contributed by atoms with van der Waals surface area (Å²) in [5.74, 6) is 0. The first-order chi connectivity index (χ1) is 7.88. The molecule has 0 amide bonds. The van der Waals surface area contributed by atoms with Crippen molar-refractivity contribution in [2.75, 3.05) is 0 Å². The summed E-state index contributed by atoms with van der Waals surface area (Å²) in [6, 6.07) is 16.1. The van der Waals surface area contributed by atoms with Gasteiger partial charge in [-0.1, -0.05) is 36.4 Å². The number of aromatic nitrogens is 1. The van der Waals surface area contributed by atoms with Crippen molar-refractivity contribution in [1.29, 1.82) is 0 Å². The van der Waals surface area contributed by atoms with Gasteiger partial charge in [0, 0.05) is 32.0 Å². The van der Waals surface area contributed by atoms with E-state index in [1.165, 1.54) is 27.4 Å². The zero-order valence-electron chi connectivity index (χ0n) is 8.96. The van der Waals surface area contributed by atoms with Crippen molar-refractivity contribution in [1.82, 2.24) is 4.98 Å². The zero-order chi connectivity index (χ0) is 11.0. The van der Waals surface area contributed by atoms with Crippen LogP contribution in [0.1, 0.15) is 5.56 Å². The molecule has 77 valence electrons. The maximum absolute atomic E-state index is 3.52. The first-order valence-electron chi connectivity index (χ1n) is 5.52. The number of hydrogen-bond donors (Lipinski definition) is 1. The van der Waals surface area contributed by atoms with E-state index in [0.717, 1.165) is 12.5 Å². The van der Waals surface area contributed by atoms with Crippen LogP contribution in [-0.4, -0.2) is 15.2 Å². The van der Waals surface area contributed by atoms with E-state index in [1.807, 2.05) is 0 Å². The molecule has 1 aromatic heterocycles. The van der Waals surface area contributed by atoms with Crippen LogP contribution < -0.4 is 0 Å². The van der Waals surface area contributed by atoms with Crippen LogP contribution in [-0.2, 0) is 6.42 Å². The van der Waals surface area contributed by atoms with Gasteiger partial charge in [0.1, 0.15) is 0 Å². The molecular formula is C14H12NSi. The first kappa shape index (κ1) is 9.67. The second kappa shape index (κ2) is 3.80. The highest BCUT2D eigenvalue weighted by molar-refractivity contribution is 6.09. The van der Waals surface area contributed by atoms with Gasteiger partial charge in [0.25, 0.3) is 0 Å². The summed E-state index contributed by atoms with van der Waals surface area (Å²) >= 11 is 0. The van der Waals surface area contributed by atoms with Gasteiger partial charge in [-0.2, -0.15) is 0 Å². The Morgan fingerprint density at radius 3 is 2.62 bits per heavy atom. The topological polar surface area (TPSA) is 15.8 Å². The second-order valence-electron chi connectivity index (χ2n) is 4.05. The van der Waals surface area contributed by atoms with E-state index in [4.69, 9.17) is 0 Å². The lowest BCUT2D eigenvalue weighted by molar-refractivity contribution is 1.14. The molecule has 0 bridgehead atoms. The fourth-order valence-corrected chi connectivity index (χ4v) is 2.49. The predicted octanol–water partition coefficient (Wildman–Crippen LogP) is 3.45. The third-order valence-electron chi connectivity index (χ3n) is 2.98. The second-order valence-corrected chi connectivity index (χ2v) is 4.55. The Morgan fingerprint density at radius 2 is 1.75 bits per heavy atom. The Bertz CT molecular complexity index is 639. The fraction of sp³-hybridized carbons (Fsp3) is 0.143. The molecule has 0 atom stereocenters. The van der Waals surface area contributed by atoms with Crippen LogP contribution in [0.5, 0.6) is 0 Å². The van der Waals surface area contributed by atoms with Crippen molar-refractivity contribution in [3.8, 4) is 0 Å². The maximum atomic E-state index is 3.52. The van der Waals surface area contributed by atoms with Crippen LogP contribution in [0, 0.1) is 0 Å². The molecule has 1 nitrogen and oxygen atoms in total. The molecule has 0 aliphatic carbocycles. The highest BCUT2D eigenvalue weighted by atomic mass is 28.1. The minimum absolute atomic E-state index is 1.01. The number of aryl methyl sites for hydroxylation is 1. The minimum atomic E-state index is 1.01. The molecule has 0 saturated heterocycles. The monoisotopic (exact) mass is 222 g/mol. The van der Waals surface area contributed by atoms with E-state index in [0.29, 0.717) is 0 Å². The average Bonchev–Trinajstić information content (AvgIpc) is 2.67. The van der Waals surface area contributed by atoms with E-state index in [9.17, 15) is 0 Å². The Labute approximate surface area is 97.9 Å². The summed E-state index contributed by atoms with van der Waals surface area (Å²) in [6.45, 7) is 0. The number of hydrogen-bond acceptors (Lipinski definition) is 0. The molecular weight excluding hydrogens is 210 g/mol. The molecule has 0 fully saturated rings. The average molecular weight is 222 g/mol. The lowest BCUT2D eigenvalue weighted by atomic mass is 10.1. The van der Waals surface area contributed by atoms with E-state index < -0.39 is 0 Å². The third-order valence-corrected chi connectivity index (χ3v) is 3.23. The molecule has 2 heteroatoms. The number of rotatable bonds is 2. The van der Waals surface area contributed by atoms with Crippen LogP contribution in [0.4, 0.5) is 0 Å². The summed E-state index contributed by atoms with van der Waals surface area (Å²) < 4.78 is 0. The predicted molar refractivity (Wildman–Crippen MR) is 70.1 cm³/mol. The summed E-state index contributed by atoms with van der Waals surface area (Å²) in [5.41, 5.74) is 3.82. The molecule has 1 N–H and O–H groups in total. The van der Waals surface area contributed by atoms with Gasteiger partial charge in [-0.05, 0) is 24.1 Å². The van der Waals surface area contributed by atoms with E-state index in [-0.39, 0.29) is 0 Å². The normalized spacial score (nSPS) is 11.3. The van der Waals surface area contributed by atoms with Crippen molar-refractivity contribution in [3.05, 3.63) is 48.0 Å². The molecule has 0 spiro atoms. The molecule has 0 aliphatic heterocycles. The van der Waals surface area contributed by atoms with Gasteiger partial charge in [-0.25, -0.2) is 0 Å². The highest BCUT2D eigenvalue weighted by Crippen LogP contribution is 2.25. The lowest BCUT2D eigenvalue weighted by Crippen LogP contribution is -1.82. The van der Waals surface area contributed by atoms with Crippen LogP contribution in [0.25, 0.3) is 21.8 Å². The molecule has 0 saturated carbocycles. The van der Waals surface area contributed by atoms with Crippen LogP contribution >= 0.6 is 0 Å². The van der Waals surface area contributed by atoms with E-state index in [1.54, 1.807) is 0 Å². The van der Waals surface area contributed by atoms with Crippen molar-refractivity contribution in [2.45, 2.75) is 12.5 Å². The van der Waals surface area contributed by atoms with Gasteiger partial charge in [-0.3, -0.25) is 0 Å². The Morgan fingerprint density at radius 1 is 0.938 bits per heavy atom. The molecule has 16 heavy (non-hydrogen) atoms. The number of para-hydroxylation sites is 1. The Balaban J connectivity index is 2.28. The molecule has 1 heterocycles. The number of benzene rings is 2. The van der Waals surface area contributed by atoms with Crippen molar-refractivity contribution >= 4 is 32.0 Å². The SMILES string of the molecule is [Si]CCc1ccc2c(c1)[nH]c1ccccc12. The summed E-state index contributed by atoms with van der Waals surface area (Å²) in [5, 5.41) is 2.62. The van der Waals surface area contributed by atoms with Gasteiger partial charge < -0.3 is 4.98 Å². The lowest BCUT2D eigenvalue weighted by Gasteiger charge is -1.98. The van der Waals surface area contributed by atoms with Gasteiger partial charge in [0.05, 0.1) is 0 Å². The van der Waals surface area contributed by atoms with Gasteiger partial charge in [-0.15, -0.1) is 0 Å². The maximum Gasteiger partial charge on any atom is 0.0467 e. The van der Waals surface area contributed by atoms with Crippen LogP contribution in [0.15, 0.2) is 42.5 Å². The number of H-pyrrole nitrogens is 1. The van der Waals surface area contributed by atoms with Crippen LogP contribution in [0.3, 0.4) is 0 Å². The van der Waals surface area contributed by atoms with E-state index in [2.05, 4.69) is 57.7 Å². The molecule has 0 aliphatic rings. The zero-order valence-corrected chi connectivity index (χ0v) is 9.96. The van der Waals surface area contributed by atoms with Crippen LogP contribution in [0.2, 0.25) is 6.04 Å². The summed E-state index contributed by atoms with van der Waals surface area (Å²) in [6.07, 6.45) is 1.07. The number of nitrogens with one attached hydrogen (secondary N) is 1. The van der Waals surface area contributed by atoms with E-state index >= 15 is 0 Å². The van der Waals surface area contributed by atoms with Crippen molar-refractivity contribution < 1.29 is 0 Å². The van der Waals surface area contributed by atoms with Crippen molar-refractivity contribution in [3.63, 3.8) is 0 Å². The Hall–Kier alpha value is -1.54. The third kappa shape index (κ3) is 1.46. The smallest absolute Gasteiger partial charge is 0.0467 e. The Kier molecular flexibility index (Phi) is 2.29. The molecule has 3 aromatic rings. The summed E-state index contributed by atoms with van der Waals surface area (Å²) in [4.78, 5) is 3.46. The summed E-state index contributed by atoms with van der Waals surface area (Å²) in [7, 11) is 3.52. The molecule has 3 rings (SSSR count). The standard InChI is InChI=1S/C14H12NSi/c16-8-7-10-5-6-12-11-3-1-2-4-13(11)15-14(12)9-10/h1-6,9,15H,7-8H2. The minimum Gasteiger partial charge on any atom is -0.355 e. The quantitative estimate of drug-likeness (QED) is 0.639. The van der Waals surface area contributed by atoms with Crippen molar-refractivity contribution in [2.24, 2.45) is 0 Å². The van der Waals surface area contributed by atoms with Gasteiger partial charge >= 0.3 is 0 Å². The fourth-order valence-electron chi connectivity index (χ4n) is 2.20. The molecule has 2 aromatic carbocycles. The molecule has 3 radical (unpaired) electrons. The first-order valence-corrected chi connectivity index (χ1v) is 6.23. The van der Waals surface area contributed by atoms with Gasteiger partial charge in [0.2, 0.25) is 0 Å². The number of aromatic amines is 1. The molecule has 0 unspecified atom stereocenters. The highest BCUT2D eigenvalue weighted by Gasteiger charge is 2.03. The van der Waals surface area contributed by atoms with Gasteiger partial charge in [0.15, 0.2) is 0 Å². The largest absolute Gasteiger partial charge is 0.355 e.